The molecule has 0 fully saturated rings. The number of rotatable bonds is 5. The Labute approximate surface area is 112 Å². The molecule has 19 heavy (non-hydrogen) atoms. The van der Waals surface area contributed by atoms with Gasteiger partial charge in [0.2, 0.25) is 0 Å². The van der Waals surface area contributed by atoms with Gasteiger partial charge in [0.1, 0.15) is 12.4 Å². The van der Waals surface area contributed by atoms with Gasteiger partial charge in [-0.2, -0.15) is 0 Å². The maximum Gasteiger partial charge on any atom is 0.289 e. The molecule has 2 rings (SSSR count). The first-order chi connectivity index (χ1) is 9.22. The fourth-order valence-corrected chi connectivity index (χ4v) is 1.63. The number of nitrogens with zero attached hydrogens (tertiary/aromatic N) is 1. The highest BCUT2D eigenvalue weighted by molar-refractivity contribution is 5.92. The van der Waals surface area contributed by atoms with Gasteiger partial charge in [-0.1, -0.05) is 18.2 Å². The second kappa shape index (κ2) is 6.09. The van der Waals surface area contributed by atoms with Crippen LogP contribution < -0.4 is 4.74 Å². The van der Waals surface area contributed by atoms with E-state index in [0.29, 0.717) is 18.9 Å². The number of carbonyl (C=O) groups excluding carboxylic acids is 1. The van der Waals surface area contributed by atoms with E-state index >= 15 is 0 Å². The number of para-hydroxylation sites is 1. The number of ether oxygens (including phenoxy) is 1. The minimum Gasteiger partial charge on any atom is -0.489 e. The molecule has 0 radical (unpaired) electrons. The lowest BCUT2D eigenvalue weighted by Gasteiger charge is -2.13. The third kappa shape index (κ3) is 3.16. The summed E-state index contributed by atoms with van der Waals surface area (Å²) in [5.74, 6) is 0.991. The Bertz CT molecular complexity index is 533. The van der Waals surface area contributed by atoms with Gasteiger partial charge in [-0.15, -0.1) is 0 Å². The second-order valence-electron chi connectivity index (χ2n) is 4.20. The molecule has 0 atom stereocenters. The van der Waals surface area contributed by atoms with E-state index in [1.165, 1.54) is 6.26 Å². The lowest BCUT2D eigenvalue weighted by atomic mass is 10.2. The molecule has 4 heteroatoms. The van der Waals surface area contributed by atoms with Crippen molar-refractivity contribution in [1.82, 2.24) is 4.90 Å². The quantitative estimate of drug-likeness (QED) is 0.829. The Kier molecular flexibility index (Phi) is 4.23. The summed E-state index contributed by atoms with van der Waals surface area (Å²) < 4.78 is 10.9. The molecule has 0 aliphatic heterocycles. The fourth-order valence-electron chi connectivity index (χ4n) is 1.63. The van der Waals surface area contributed by atoms with Crippen LogP contribution in [-0.4, -0.2) is 24.4 Å². The summed E-state index contributed by atoms with van der Waals surface area (Å²) in [6.45, 7) is 2.87. The van der Waals surface area contributed by atoms with E-state index in [4.69, 9.17) is 9.15 Å². The number of amides is 1. The van der Waals surface area contributed by atoms with Crippen LogP contribution in [0.15, 0.2) is 47.1 Å². The van der Waals surface area contributed by atoms with Crippen molar-refractivity contribution in [3.8, 4) is 5.75 Å². The largest absolute Gasteiger partial charge is 0.489 e. The SMILES string of the molecule is CCN(C)C(=O)c1occc1COc1ccccc1. The molecule has 2 aromatic rings. The summed E-state index contributed by atoms with van der Waals surface area (Å²) in [6, 6.07) is 11.2. The Morgan fingerprint density at radius 1 is 1.26 bits per heavy atom. The molecule has 0 unspecified atom stereocenters. The molecule has 1 heterocycles. The zero-order chi connectivity index (χ0) is 13.7. The smallest absolute Gasteiger partial charge is 0.289 e. The predicted molar refractivity (Wildman–Crippen MR) is 72.1 cm³/mol. The minimum atomic E-state index is -0.126. The van der Waals surface area contributed by atoms with E-state index in [2.05, 4.69) is 0 Å². The highest BCUT2D eigenvalue weighted by Gasteiger charge is 2.18. The van der Waals surface area contributed by atoms with E-state index in [1.54, 1.807) is 18.0 Å². The average Bonchev–Trinajstić information content (AvgIpc) is 2.93. The van der Waals surface area contributed by atoms with E-state index in [-0.39, 0.29) is 5.91 Å². The van der Waals surface area contributed by atoms with Crippen molar-refractivity contribution in [2.75, 3.05) is 13.6 Å². The molecule has 0 spiro atoms. The summed E-state index contributed by atoms with van der Waals surface area (Å²) in [4.78, 5) is 13.6. The number of carbonyl (C=O) groups is 1. The Morgan fingerprint density at radius 2 is 2.00 bits per heavy atom. The molecule has 0 bridgehead atoms. The van der Waals surface area contributed by atoms with Gasteiger partial charge < -0.3 is 14.1 Å². The van der Waals surface area contributed by atoms with Crippen LogP contribution in [0.25, 0.3) is 0 Å². The number of hydrogen-bond acceptors (Lipinski definition) is 3. The van der Waals surface area contributed by atoms with Gasteiger partial charge >= 0.3 is 0 Å². The molecule has 0 saturated heterocycles. The number of hydrogen-bond donors (Lipinski definition) is 0. The van der Waals surface area contributed by atoms with Crippen LogP contribution >= 0.6 is 0 Å². The van der Waals surface area contributed by atoms with Gasteiger partial charge in [0.05, 0.1) is 6.26 Å². The van der Waals surface area contributed by atoms with E-state index < -0.39 is 0 Å². The zero-order valence-corrected chi connectivity index (χ0v) is 11.1. The van der Waals surface area contributed by atoms with Crippen molar-refractivity contribution in [2.45, 2.75) is 13.5 Å². The number of furan rings is 1. The molecule has 1 amide bonds. The van der Waals surface area contributed by atoms with Crippen molar-refractivity contribution in [1.29, 1.82) is 0 Å². The van der Waals surface area contributed by atoms with Crippen LogP contribution in [0.4, 0.5) is 0 Å². The van der Waals surface area contributed by atoms with Crippen molar-refractivity contribution in [3.05, 3.63) is 54.0 Å². The molecule has 1 aromatic carbocycles. The normalized spacial score (nSPS) is 10.2. The highest BCUT2D eigenvalue weighted by Crippen LogP contribution is 2.16. The third-order valence-corrected chi connectivity index (χ3v) is 2.90. The third-order valence-electron chi connectivity index (χ3n) is 2.90. The maximum atomic E-state index is 12.0. The first kappa shape index (κ1) is 13.2. The molecule has 1 aromatic heterocycles. The standard InChI is InChI=1S/C15H17NO3/c1-3-16(2)15(17)14-12(9-10-18-14)11-19-13-7-5-4-6-8-13/h4-10H,3,11H2,1-2H3. The average molecular weight is 259 g/mol. The van der Waals surface area contributed by atoms with Gasteiger partial charge in [0.15, 0.2) is 5.76 Å². The van der Waals surface area contributed by atoms with Gasteiger partial charge in [0, 0.05) is 19.2 Å². The zero-order valence-electron chi connectivity index (χ0n) is 11.1. The molecule has 0 aliphatic carbocycles. The molecular formula is C15H17NO3. The monoisotopic (exact) mass is 259 g/mol. The topological polar surface area (TPSA) is 42.7 Å². The second-order valence-corrected chi connectivity index (χ2v) is 4.20. The summed E-state index contributed by atoms with van der Waals surface area (Å²) in [5.41, 5.74) is 0.758. The van der Waals surface area contributed by atoms with Crippen LogP contribution in [0.2, 0.25) is 0 Å². The van der Waals surface area contributed by atoms with Gasteiger partial charge in [0.25, 0.3) is 5.91 Å². The molecule has 4 nitrogen and oxygen atoms in total. The first-order valence-electron chi connectivity index (χ1n) is 6.22. The van der Waals surface area contributed by atoms with Crippen molar-refractivity contribution in [2.24, 2.45) is 0 Å². The fraction of sp³-hybridized carbons (Fsp3) is 0.267. The molecular weight excluding hydrogens is 242 g/mol. The number of benzene rings is 1. The van der Waals surface area contributed by atoms with Crippen LogP contribution in [0, 0.1) is 0 Å². The Balaban J connectivity index is 2.06. The van der Waals surface area contributed by atoms with Crippen LogP contribution in [-0.2, 0) is 6.61 Å². The van der Waals surface area contributed by atoms with E-state index in [0.717, 1.165) is 11.3 Å². The van der Waals surface area contributed by atoms with Crippen LogP contribution in [0.3, 0.4) is 0 Å². The van der Waals surface area contributed by atoms with Gasteiger partial charge in [-0.3, -0.25) is 4.79 Å². The minimum absolute atomic E-state index is 0.126. The van der Waals surface area contributed by atoms with E-state index in [1.807, 2.05) is 37.3 Å². The molecule has 100 valence electrons. The summed E-state index contributed by atoms with van der Waals surface area (Å²) in [6.07, 6.45) is 1.51. The van der Waals surface area contributed by atoms with Gasteiger partial charge in [-0.05, 0) is 25.1 Å². The van der Waals surface area contributed by atoms with Crippen LogP contribution in [0.1, 0.15) is 23.0 Å². The van der Waals surface area contributed by atoms with Crippen LogP contribution in [0.5, 0.6) is 5.75 Å². The lowest BCUT2D eigenvalue weighted by Crippen LogP contribution is -2.26. The van der Waals surface area contributed by atoms with Crippen molar-refractivity contribution in [3.63, 3.8) is 0 Å². The Morgan fingerprint density at radius 3 is 2.68 bits per heavy atom. The summed E-state index contributed by atoms with van der Waals surface area (Å²) in [7, 11) is 1.74. The van der Waals surface area contributed by atoms with E-state index in [9.17, 15) is 4.79 Å². The Hall–Kier alpha value is -2.23. The molecule has 0 aliphatic rings. The first-order valence-corrected chi connectivity index (χ1v) is 6.22. The lowest BCUT2D eigenvalue weighted by molar-refractivity contribution is 0.0767. The summed E-state index contributed by atoms with van der Waals surface area (Å²) in [5, 5.41) is 0. The van der Waals surface area contributed by atoms with Crippen molar-refractivity contribution >= 4 is 5.91 Å². The highest BCUT2D eigenvalue weighted by atomic mass is 16.5. The predicted octanol–water partition coefficient (Wildman–Crippen LogP) is 2.95. The molecule has 0 N–H and O–H groups in total. The van der Waals surface area contributed by atoms with Crippen molar-refractivity contribution < 1.29 is 13.9 Å². The summed E-state index contributed by atoms with van der Waals surface area (Å²) >= 11 is 0. The van der Waals surface area contributed by atoms with Gasteiger partial charge in [-0.25, -0.2) is 0 Å². The maximum absolute atomic E-state index is 12.0. The molecule has 0 saturated carbocycles.